The summed E-state index contributed by atoms with van der Waals surface area (Å²) in [4.78, 5) is 10.6. The molecule has 0 aliphatic rings. The zero-order valence-corrected chi connectivity index (χ0v) is 25.8. The molecule has 0 bridgehead atoms. The van der Waals surface area contributed by atoms with E-state index in [9.17, 15) is 28.5 Å². The molecule has 15 nitrogen and oxygen atoms in total. The molecule has 1 aromatic heterocycles. The van der Waals surface area contributed by atoms with Gasteiger partial charge in [0.15, 0.2) is 0 Å². The van der Waals surface area contributed by atoms with Gasteiger partial charge in [-0.1, -0.05) is 48.2 Å². The molecule has 0 saturated carbocycles. The summed E-state index contributed by atoms with van der Waals surface area (Å²) in [5.74, 6) is -2.32. The van der Waals surface area contributed by atoms with Crippen molar-refractivity contribution >= 4 is 50.2 Å². The fourth-order valence-corrected chi connectivity index (χ4v) is 4.20. The van der Waals surface area contributed by atoms with Crippen molar-refractivity contribution in [2.24, 2.45) is 20.5 Å². The van der Waals surface area contributed by atoms with Crippen molar-refractivity contribution in [3.63, 3.8) is 0 Å². The summed E-state index contributed by atoms with van der Waals surface area (Å²) >= 11 is 0. The van der Waals surface area contributed by atoms with Gasteiger partial charge in [-0.15, -0.1) is 15.3 Å². The van der Waals surface area contributed by atoms with Gasteiger partial charge in [-0.2, -0.15) is 18.6 Å². The molecule has 0 atom stereocenters. The first-order valence-electron chi connectivity index (χ1n) is 12.7. The number of nitrogen functional groups attached to an aromatic ring is 2. The van der Waals surface area contributed by atoms with Crippen molar-refractivity contribution in [2.45, 2.75) is 11.8 Å². The molecular formula is C29H23CrN8O7S. The van der Waals surface area contributed by atoms with E-state index >= 15 is 0 Å². The number of nitrogens with two attached hydrogens (primary N) is 2. The van der Waals surface area contributed by atoms with E-state index in [1.54, 1.807) is 49.4 Å². The molecule has 4 aromatic carbocycles. The van der Waals surface area contributed by atoms with Crippen LogP contribution in [0.1, 0.15) is 16.1 Å². The fraction of sp³-hybridized carbons (Fsp3) is 0.0345. The molecule has 0 aliphatic carbocycles. The first-order valence-corrected chi connectivity index (χ1v) is 14.2. The van der Waals surface area contributed by atoms with Crippen LogP contribution < -0.4 is 26.8 Å². The molecule has 0 fully saturated rings. The van der Waals surface area contributed by atoms with Crippen LogP contribution in [-0.2, 0) is 27.5 Å². The Balaban J connectivity index is 0.000000247. The van der Waals surface area contributed by atoms with Crippen molar-refractivity contribution in [3.05, 3.63) is 102 Å². The Hall–Kier alpha value is -5.60. The first kappa shape index (κ1) is 34.9. The average Bonchev–Trinajstić information content (AvgIpc) is 3.29. The standard InChI is InChI=1S/C17H14N4O3.C12H12N4O4S.Cr/c1-11-15(16(22)21(20-11)12-7-3-2-4-8-12)19-18-14-10-6-5-9-13(14)17(23)24;13-7-1-3-10(9(14)5-7)15-16-11-6-8(21(18,19)20)2-4-12(11)17;/h2-10,22H,1H3,(H,23,24);1-6,17H,13-14H2,(H,18,19,20);/q;;+3/p-3. The number of rotatable bonds is 7. The first-order chi connectivity index (χ1) is 21.3. The van der Waals surface area contributed by atoms with Crippen LogP contribution in [0.2, 0.25) is 0 Å². The second-order valence-electron chi connectivity index (χ2n) is 9.11. The molecule has 5 aromatic rings. The van der Waals surface area contributed by atoms with E-state index in [4.69, 9.17) is 16.0 Å². The fourth-order valence-electron chi connectivity index (χ4n) is 3.70. The van der Waals surface area contributed by atoms with E-state index in [1.165, 1.54) is 28.9 Å². The van der Waals surface area contributed by atoms with Crippen molar-refractivity contribution < 1.29 is 50.4 Å². The SMILES string of the molecule is Cc1nn(-c2ccccc2)c([O-])c1N=Nc1ccccc1C(=O)[O-].Nc1ccc(N=Nc2cc(S(=O)(=O)O)ccc2[O-])c(N)c1.[Cr+3]. The number of azo groups is 2. The maximum atomic E-state index is 12.4. The van der Waals surface area contributed by atoms with Crippen LogP contribution in [0.3, 0.4) is 0 Å². The molecule has 0 saturated heterocycles. The molecule has 5 N–H and O–H groups in total. The van der Waals surface area contributed by atoms with Gasteiger partial charge in [-0.3, -0.25) is 4.55 Å². The third kappa shape index (κ3) is 8.52. The monoisotopic (exact) mass is 679 g/mol. The molecule has 1 heterocycles. The van der Waals surface area contributed by atoms with Gasteiger partial charge < -0.3 is 31.6 Å². The van der Waals surface area contributed by atoms with Crippen LogP contribution in [0.5, 0.6) is 11.6 Å². The smallest absolute Gasteiger partial charge is 0.871 e. The zero-order valence-electron chi connectivity index (χ0n) is 23.7. The maximum absolute atomic E-state index is 12.4. The Morgan fingerprint density at radius 3 is 2.11 bits per heavy atom. The quantitative estimate of drug-likeness (QED) is 0.128. The minimum atomic E-state index is -4.42. The minimum Gasteiger partial charge on any atom is -0.871 e. The van der Waals surface area contributed by atoms with Gasteiger partial charge in [-0.25, -0.2) is 4.68 Å². The van der Waals surface area contributed by atoms with Crippen LogP contribution in [0.25, 0.3) is 5.69 Å². The summed E-state index contributed by atoms with van der Waals surface area (Å²) in [5.41, 5.74) is 13.1. The number of carboxylic acids is 1. The molecule has 0 aliphatic heterocycles. The number of anilines is 2. The number of carboxylic acid groups (broad SMARTS) is 1. The zero-order chi connectivity index (χ0) is 32.7. The van der Waals surface area contributed by atoms with Gasteiger partial charge in [0.05, 0.1) is 39.3 Å². The summed E-state index contributed by atoms with van der Waals surface area (Å²) in [6.07, 6.45) is 0. The van der Waals surface area contributed by atoms with Crippen molar-refractivity contribution in [1.82, 2.24) is 9.78 Å². The van der Waals surface area contributed by atoms with E-state index in [-0.39, 0.29) is 51.4 Å². The van der Waals surface area contributed by atoms with Gasteiger partial charge in [0.1, 0.15) is 11.4 Å². The average molecular weight is 680 g/mol. The third-order valence-electron chi connectivity index (χ3n) is 5.92. The molecule has 17 heteroatoms. The van der Waals surface area contributed by atoms with E-state index in [2.05, 4.69) is 25.6 Å². The summed E-state index contributed by atoms with van der Waals surface area (Å²) in [6, 6.07) is 22.4. The van der Waals surface area contributed by atoms with Crippen LogP contribution >= 0.6 is 0 Å². The van der Waals surface area contributed by atoms with Crippen LogP contribution in [0.15, 0.2) is 116 Å². The van der Waals surface area contributed by atoms with E-state index in [0.29, 0.717) is 17.1 Å². The number of hydrogen-bond acceptors (Lipinski definition) is 13. The second kappa shape index (κ2) is 14.9. The van der Waals surface area contributed by atoms with Gasteiger partial charge in [-0.05, 0) is 55.5 Å². The van der Waals surface area contributed by atoms with E-state index in [0.717, 1.165) is 18.2 Å². The molecule has 0 unspecified atom stereocenters. The number of aryl methyl sites for hydroxylation is 1. The Kier molecular flexibility index (Phi) is 11.3. The summed E-state index contributed by atoms with van der Waals surface area (Å²) in [7, 11) is -4.42. The van der Waals surface area contributed by atoms with Gasteiger partial charge in [0.25, 0.3) is 10.1 Å². The normalized spacial score (nSPS) is 11.2. The van der Waals surface area contributed by atoms with Crippen molar-refractivity contribution in [2.75, 3.05) is 11.5 Å². The van der Waals surface area contributed by atoms with Crippen LogP contribution in [0, 0.1) is 6.92 Å². The Morgan fingerprint density at radius 1 is 0.826 bits per heavy atom. The largest absolute Gasteiger partial charge is 3.00 e. The van der Waals surface area contributed by atoms with Gasteiger partial charge in [0.2, 0.25) is 0 Å². The third-order valence-corrected chi connectivity index (χ3v) is 6.77. The summed E-state index contributed by atoms with van der Waals surface area (Å²) in [6.45, 7) is 1.64. The van der Waals surface area contributed by atoms with E-state index < -0.39 is 32.6 Å². The number of aromatic carboxylic acids is 1. The summed E-state index contributed by atoms with van der Waals surface area (Å²) < 4.78 is 32.2. The molecule has 5 rings (SSSR count). The number of hydrogen-bond donors (Lipinski definition) is 3. The molecule has 233 valence electrons. The minimum absolute atomic E-state index is 0. The molecule has 1 radical (unpaired) electrons. The molecular weight excluding hydrogens is 656 g/mol. The van der Waals surface area contributed by atoms with Gasteiger partial charge in [0, 0.05) is 17.1 Å². The molecule has 46 heavy (non-hydrogen) atoms. The predicted octanol–water partition coefficient (Wildman–Crippen LogP) is 3.62. The number of benzene rings is 4. The maximum Gasteiger partial charge on any atom is 3.00 e. The number of para-hydroxylation sites is 1. The van der Waals surface area contributed by atoms with E-state index in [1.807, 2.05) is 6.07 Å². The number of aromatic nitrogens is 2. The topological polar surface area (TPSA) is 260 Å². The van der Waals surface area contributed by atoms with Crippen LogP contribution in [-0.4, -0.2) is 28.7 Å². The number of carbonyl (C=O) groups excluding carboxylic acids is 1. The van der Waals surface area contributed by atoms with Crippen LogP contribution in [0.4, 0.5) is 34.1 Å². The Morgan fingerprint density at radius 2 is 1.46 bits per heavy atom. The Bertz CT molecular complexity index is 2040. The van der Waals surface area contributed by atoms with Crippen molar-refractivity contribution in [3.8, 4) is 17.3 Å². The number of nitrogens with zero attached hydrogens (tertiary/aromatic N) is 6. The van der Waals surface area contributed by atoms with Crippen molar-refractivity contribution in [1.29, 1.82) is 0 Å². The second-order valence-corrected chi connectivity index (χ2v) is 10.5. The Labute approximate surface area is 273 Å². The summed E-state index contributed by atoms with van der Waals surface area (Å²) in [5, 5.41) is 54.5. The molecule has 0 spiro atoms. The molecule has 0 amide bonds. The predicted molar refractivity (Wildman–Crippen MR) is 158 cm³/mol. The number of carbonyl (C=O) groups is 1. The van der Waals surface area contributed by atoms with Gasteiger partial charge >= 0.3 is 17.4 Å².